The minimum absolute atomic E-state index is 0.0863. The van der Waals surface area contributed by atoms with Crippen molar-refractivity contribution >= 4 is 17.4 Å². The second-order valence-electron chi connectivity index (χ2n) is 4.93. The molecule has 2 amide bonds. The van der Waals surface area contributed by atoms with E-state index in [1.54, 1.807) is 22.5 Å². The SMILES string of the molecule is O=C(NCc1cccs1)N1CCC(=C2CC2)CC1. The lowest BCUT2D eigenvalue weighted by molar-refractivity contribution is 0.193. The molecule has 2 aliphatic rings. The summed E-state index contributed by atoms with van der Waals surface area (Å²) in [5.74, 6) is 0. The highest BCUT2D eigenvalue weighted by Crippen LogP contribution is 2.35. The maximum atomic E-state index is 12.0. The van der Waals surface area contributed by atoms with Crippen molar-refractivity contribution in [2.45, 2.75) is 32.2 Å². The predicted molar refractivity (Wildman–Crippen MR) is 73.6 cm³/mol. The summed E-state index contributed by atoms with van der Waals surface area (Å²) in [6.45, 7) is 2.42. The standard InChI is InChI=1S/C14H18N2OS/c17-14(15-10-13-2-1-9-18-13)16-7-5-12(6-8-16)11-3-4-11/h1-2,9H,3-8,10H2,(H,15,17). The van der Waals surface area contributed by atoms with Crippen LogP contribution >= 0.6 is 11.3 Å². The molecule has 1 N–H and O–H groups in total. The number of carbonyl (C=O) groups excluding carboxylic acids is 1. The van der Waals surface area contributed by atoms with Crippen LogP contribution < -0.4 is 5.32 Å². The fraction of sp³-hybridized carbons (Fsp3) is 0.500. The number of nitrogens with zero attached hydrogens (tertiary/aromatic N) is 1. The first-order valence-electron chi connectivity index (χ1n) is 6.58. The molecule has 3 rings (SSSR count). The smallest absolute Gasteiger partial charge is 0.317 e. The monoisotopic (exact) mass is 262 g/mol. The first kappa shape index (κ1) is 11.8. The number of allylic oxidation sites excluding steroid dienone is 1. The van der Waals surface area contributed by atoms with Gasteiger partial charge in [-0.1, -0.05) is 17.2 Å². The molecular weight excluding hydrogens is 244 g/mol. The Balaban J connectivity index is 1.47. The molecule has 0 radical (unpaired) electrons. The molecule has 3 nitrogen and oxygen atoms in total. The summed E-state index contributed by atoms with van der Waals surface area (Å²) >= 11 is 1.68. The van der Waals surface area contributed by atoms with E-state index in [0.29, 0.717) is 6.54 Å². The van der Waals surface area contributed by atoms with Crippen molar-refractivity contribution in [2.75, 3.05) is 13.1 Å². The van der Waals surface area contributed by atoms with E-state index in [-0.39, 0.29) is 6.03 Å². The van der Waals surface area contributed by atoms with Crippen LogP contribution in [0.1, 0.15) is 30.6 Å². The Hall–Kier alpha value is -1.29. The van der Waals surface area contributed by atoms with E-state index >= 15 is 0 Å². The molecule has 1 saturated heterocycles. The molecule has 4 heteroatoms. The van der Waals surface area contributed by atoms with Crippen molar-refractivity contribution < 1.29 is 4.79 Å². The fourth-order valence-electron chi connectivity index (χ4n) is 2.44. The molecule has 0 aromatic carbocycles. The average Bonchev–Trinajstić information content (AvgIpc) is 3.13. The summed E-state index contributed by atoms with van der Waals surface area (Å²) in [5.41, 5.74) is 3.28. The summed E-state index contributed by atoms with van der Waals surface area (Å²) in [7, 11) is 0. The van der Waals surface area contributed by atoms with Gasteiger partial charge in [0.1, 0.15) is 0 Å². The largest absolute Gasteiger partial charge is 0.333 e. The lowest BCUT2D eigenvalue weighted by Crippen LogP contribution is -2.42. The summed E-state index contributed by atoms with van der Waals surface area (Å²) in [6.07, 6.45) is 4.78. The van der Waals surface area contributed by atoms with Crippen LogP contribution in [0.3, 0.4) is 0 Å². The quantitative estimate of drug-likeness (QED) is 0.816. The molecule has 96 valence electrons. The third-order valence-electron chi connectivity index (χ3n) is 3.65. The van der Waals surface area contributed by atoms with Crippen molar-refractivity contribution in [3.63, 3.8) is 0 Å². The summed E-state index contributed by atoms with van der Waals surface area (Å²) in [5, 5.41) is 5.03. The molecule has 1 aromatic heterocycles. The van der Waals surface area contributed by atoms with Gasteiger partial charge in [0, 0.05) is 18.0 Å². The normalized spacial score (nSPS) is 19.0. The second-order valence-corrected chi connectivity index (χ2v) is 5.96. The lowest BCUT2D eigenvalue weighted by Gasteiger charge is -2.28. The molecule has 1 saturated carbocycles. The van der Waals surface area contributed by atoms with E-state index < -0.39 is 0 Å². The lowest BCUT2D eigenvalue weighted by atomic mass is 10.0. The van der Waals surface area contributed by atoms with Gasteiger partial charge < -0.3 is 10.2 Å². The van der Waals surface area contributed by atoms with Crippen LogP contribution in [0.15, 0.2) is 28.7 Å². The third kappa shape index (κ3) is 2.75. The van der Waals surface area contributed by atoms with E-state index in [1.807, 2.05) is 16.3 Å². The van der Waals surface area contributed by atoms with Crippen molar-refractivity contribution in [1.29, 1.82) is 0 Å². The Morgan fingerprint density at radius 3 is 2.56 bits per heavy atom. The highest BCUT2D eigenvalue weighted by atomic mass is 32.1. The van der Waals surface area contributed by atoms with Gasteiger partial charge >= 0.3 is 6.03 Å². The zero-order valence-corrected chi connectivity index (χ0v) is 11.3. The maximum Gasteiger partial charge on any atom is 0.317 e. The second kappa shape index (κ2) is 5.14. The van der Waals surface area contributed by atoms with E-state index in [4.69, 9.17) is 0 Å². The summed E-state index contributed by atoms with van der Waals surface area (Å²) in [4.78, 5) is 15.1. The predicted octanol–water partition coefficient (Wildman–Crippen LogP) is 3.14. The van der Waals surface area contributed by atoms with Gasteiger partial charge in [0.05, 0.1) is 6.54 Å². The zero-order chi connectivity index (χ0) is 12.4. The van der Waals surface area contributed by atoms with Gasteiger partial charge in [-0.3, -0.25) is 0 Å². The molecule has 2 heterocycles. The number of thiophene rings is 1. The molecule has 0 spiro atoms. The van der Waals surface area contributed by atoms with Crippen LogP contribution in [0.25, 0.3) is 0 Å². The molecule has 1 aliphatic heterocycles. The van der Waals surface area contributed by atoms with Crippen LogP contribution in [0, 0.1) is 0 Å². The van der Waals surface area contributed by atoms with E-state index in [1.165, 1.54) is 17.7 Å². The highest BCUT2D eigenvalue weighted by Gasteiger charge is 2.24. The maximum absolute atomic E-state index is 12.0. The number of hydrogen-bond donors (Lipinski definition) is 1. The van der Waals surface area contributed by atoms with E-state index in [2.05, 4.69) is 11.4 Å². The molecule has 0 bridgehead atoms. The molecular formula is C14H18N2OS. The van der Waals surface area contributed by atoms with Gasteiger partial charge in [0.2, 0.25) is 0 Å². The van der Waals surface area contributed by atoms with E-state index in [9.17, 15) is 4.79 Å². The number of likely N-dealkylation sites (tertiary alicyclic amines) is 1. The molecule has 2 fully saturated rings. The van der Waals surface area contributed by atoms with Gasteiger partial charge in [0.15, 0.2) is 0 Å². The number of piperidine rings is 1. The topological polar surface area (TPSA) is 32.3 Å². The minimum atomic E-state index is 0.0863. The van der Waals surface area contributed by atoms with Crippen molar-refractivity contribution in [1.82, 2.24) is 10.2 Å². The molecule has 0 unspecified atom stereocenters. The van der Waals surface area contributed by atoms with Crippen LogP contribution in [0.5, 0.6) is 0 Å². The Morgan fingerprint density at radius 2 is 1.94 bits per heavy atom. The number of amides is 2. The fourth-order valence-corrected chi connectivity index (χ4v) is 3.08. The number of nitrogens with one attached hydrogen (secondary N) is 1. The van der Waals surface area contributed by atoms with Crippen molar-refractivity contribution in [3.05, 3.63) is 33.5 Å². The van der Waals surface area contributed by atoms with Crippen molar-refractivity contribution in [3.8, 4) is 0 Å². The van der Waals surface area contributed by atoms with Gasteiger partial charge in [-0.15, -0.1) is 11.3 Å². The number of hydrogen-bond acceptors (Lipinski definition) is 2. The van der Waals surface area contributed by atoms with Gasteiger partial charge in [-0.2, -0.15) is 0 Å². The van der Waals surface area contributed by atoms with Gasteiger partial charge in [-0.05, 0) is 37.1 Å². The minimum Gasteiger partial charge on any atom is -0.333 e. The van der Waals surface area contributed by atoms with Crippen LogP contribution in [0.2, 0.25) is 0 Å². The highest BCUT2D eigenvalue weighted by molar-refractivity contribution is 7.09. The Bertz CT molecular complexity index is 448. The first-order chi connectivity index (χ1) is 8.83. The Morgan fingerprint density at radius 1 is 1.22 bits per heavy atom. The van der Waals surface area contributed by atoms with Gasteiger partial charge in [-0.25, -0.2) is 4.79 Å². The van der Waals surface area contributed by atoms with Crippen LogP contribution in [-0.2, 0) is 6.54 Å². The first-order valence-corrected chi connectivity index (χ1v) is 7.46. The van der Waals surface area contributed by atoms with Gasteiger partial charge in [0.25, 0.3) is 0 Å². The number of carbonyl (C=O) groups is 1. The summed E-state index contributed by atoms with van der Waals surface area (Å²) in [6, 6.07) is 4.15. The zero-order valence-electron chi connectivity index (χ0n) is 10.4. The molecule has 1 aromatic rings. The summed E-state index contributed by atoms with van der Waals surface area (Å²) < 4.78 is 0. The Labute approximate surface area is 111 Å². The molecule has 0 atom stereocenters. The number of urea groups is 1. The third-order valence-corrected chi connectivity index (χ3v) is 4.52. The molecule has 18 heavy (non-hydrogen) atoms. The van der Waals surface area contributed by atoms with Crippen LogP contribution in [-0.4, -0.2) is 24.0 Å². The van der Waals surface area contributed by atoms with Crippen molar-refractivity contribution in [2.24, 2.45) is 0 Å². The van der Waals surface area contributed by atoms with E-state index in [0.717, 1.165) is 25.9 Å². The number of rotatable bonds is 2. The average molecular weight is 262 g/mol. The Kier molecular flexibility index (Phi) is 3.37. The molecule has 1 aliphatic carbocycles. The van der Waals surface area contributed by atoms with Crippen LogP contribution in [0.4, 0.5) is 4.79 Å².